The van der Waals surface area contributed by atoms with E-state index in [1.807, 2.05) is 14.0 Å². The fourth-order valence-electron chi connectivity index (χ4n) is 1.37. The maximum Gasteiger partial charge on any atom is 0.328 e. The first-order valence-electron chi connectivity index (χ1n) is 4.68. The van der Waals surface area contributed by atoms with Gasteiger partial charge in [-0.15, -0.1) is 0 Å². The van der Waals surface area contributed by atoms with Crippen molar-refractivity contribution in [2.24, 2.45) is 5.92 Å². The molecule has 0 saturated heterocycles. The van der Waals surface area contributed by atoms with Crippen molar-refractivity contribution in [3.63, 3.8) is 0 Å². The summed E-state index contributed by atoms with van der Waals surface area (Å²) in [5.74, 6) is 0.287. The SMILES string of the molecule is CNCC(C)Cn1cc(Cl)c(=O)[nH]c1=O. The molecule has 1 rings (SSSR count). The van der Waals surface area contributed by atoms with Crippen molar-refractivity contribution in [1.29, 1.82) is 0 Å². The van der Waals surface area contributed by atoms with Crippen molar-refractivity contribution in [3.8, 4) is 0 Å². The Balaban J connectivity index is 2.91. The minimum atomic E-state index is -0.542. The number of nitrogens with one attached hydrogen (secondary N) is 2. The van der Waals surface area contributed by atoms with Gasteiger partial charge in [0.25, 0.3) is 5.56 Å². The maximum absolute atomic E-state index is 11.4. The highest BCUT2D eigenvalue weighted by Gasteiger charge is 2.06. The third kappa shape index (κ3) is 3.21. The molecule has 15 heavy (non-hydrogen) atoms. The van der Waals surface area contributed by atoms with Crippen LogP contribution in [0.1, 0.15) is 6.92 Å². The molecule has 1 aromatic rings. The Hall–Kier alpha value is -1.07. The monoisotopic (exact) mass is 231 g/mol. The summed E-state index contributed by atoms with van der Waals surface area (Å²) >= 11 is 5.63. The molecule has 0 aliphatic heterocycles. The topological polar surface area (TPSA) is 66.9 Å². The average molecular weight is 232 g/mol. The van der Waals surface area contributed by atoms with E-state index in [1.54, 1.807) is 0 Å². The summed E-state index contributed by atoms with van der Waals surface area (Å²) in [4.78, 5) is 24.5. The number of aromatic nitrogens is 2. The van der Waals surface area contributed by atoms with Gasteiger partial charge in [-0.2, -0.15) is 0 Å². The molecule has 0 saturated carbocycles. The Morgan fingerprint density at radius 3 is 2.87 bits per heavy atom. The molecule has 0 aliphatic carbocycles. The Kier molecular flexibility index (Phi) is 4.11. The molecule has 0 aliphatic rings. The quantitative estimate of drug-likeness (QED) is 0.769. The van der Waals surface area contributed by atoms with Crippen LogP contribution >= 0.6 is 11.6 Å². The molecule has 1 heterocycles. The summed E-state index contributed by atoms with van der Waals surface area (Å²) in [6.45, 7) is 3.32. The molecule has 0 amide bonds. The van der Waals surface area contributed by atoms with Crippen molar-refractivity contribution < 1.29 is 0 Å². The zero-order valence-corrected chi connectivity index (χ0v) is 9.47. The number of nitrogens with zero attached hydrogens (tertiary/aromatic N) is 1. The molecule has 0 radical (unpaired) electrons. The van der Waals surface area contributed by atoms with E-state index in [0.29, 0.717) is 6.54 Å². The second-order valence-corrected chi connectivity index (χ2v) is 3.96. The molecule has 6 heteroatoms. The number of rotatable bonds is 4. The van der Waals surface area contributed by atoms with Gasteiger partial charge in [-0.3, -0.25) is 14.3 Å². The Labute approximate surface area is 92.1 Å². The van der Waals surface area contributed by atoms with Crippen LogP contribution in [0.4, 0.5) is 0 Å². The van der Waals surface area contributed by atoms with Gasteiger partial charge in [-0.1, -0.05) is 18.5 Å². The molecule has 0 bridgehead atoms. The van der Waals surface area contributed by atoms with E-state index in [2.05, 4.69) is 10.3 Å². The minimum absolute atomic E-state index is 0.0336. The van der Waals surface area contributed by atoms with E-state index >= 15 is 0 Å². The highest BCUT2D eigenvalue weighted by atomic mass is 35.5. The molecule has 0 aromatic carbocycles. The second kappa shape index (κ2) is 5.14. The first-order valence-corrected chi connectivity index (χ1v) is 5.06. The smallest absolute Gasteiger partial charge is 0.319 e. The van der Waals surface area contributed by atoms with Crippen LogP contribution in [0.3, 0.4) is 0 Å². The van der Waals surface area contributed by atoms with Crippen LogP contribution in [0, 0.1) is 5.92 Å². The second-order valence-electron chi connectivity index (χ2n) is 3.55. The van der Waals surface area contributed by atoms with Gasteiger partial charge in [-0.05, 0) is 19.5 Å². The van der Waals surface area contributed by atoms with Crippen LogP contribution in [0.15, 0.2) is 15.8 Å². The summed E-state index contributed by atoms with van der Waals surface area (Å²) in [6.07, 6.45) is 1.37. The molecular formula is C9H14ClN3O2. The number of H-pyrrole nitrogens is 1. The van der Waals surface area contributed by atoms with Gasteiger partial charge in [-0.25, -0.2) is 4.79 Å². The molecule has 1 atom stereocenters. The zero-order chi connectivity index (χ0) is 11.4. The van der Waals surface area contributed by atoms with Crippen LogP contribution in [-0.2, 0) is 6.54 Å². The normalized spacial score (nSPS) is 12.7. The van der Waals surface area contributed by atoms with E-state index < -0.39 is 11.2 Å². The van der Waals surface area contributed by atoms with Gasteiger partial charge in [0.2, 0.25) is 0 Å². The van der Waals surface area contributed by atoms with Crippen LogP contribution < -0.4 is 16.6 Å². The predicted molar refractivity (Wildman–Crippen MR) is 59.4 cm³/mol. The number of hydrogen-bond acceptors (Lipinski definition) is 3. The first kappa shape index (κ1) is 12.0. The van der Waals surface area contributed by atoms with Gasteiger partial charge < -0.3 is 5.32 Å². The Bertz CT molecular complexity index is 438. The van der Waals surface area contributed by atoms with E-state index in [4.69, 9.17) is 11.6 Å². The summed E-state index contributed by atoms with van der Waals surface area (Å²) < 4.78 is 1.41. The van der Waals surface area contributed by atoms with Crippen LogP contribution in [0.25, 0.3) is 0 Å². The molecule has 0 fully saturated rings. The first-order chi connectivity index (χ1) is 7.04. The van der Waals surface area contributed by atoms with Crippen molar-refractivity contribution in [2.45, 2.75) is 13.5 Å². The lowest BCUT2D eigenvalue weighted by molar-refractivity contribution is 0.449. The lowest BCUT2D eigenvalue weighted by Crippen LogP contribution is -2.32. The van der Waals surface area contributed by atoms with Crippen LogP contribution in [-0.4, -0.2) is 23.1 Å². The molecule has 84 valence electrons. The largest absolute Gasteiger partial charge is 0.328 e. The van der Waals surface area contributed by atoms with Crippen molar-refractivity contribution in [3.05, 3.63) is 32.1 Å². The Morgan fingerprint density at radius 2 is 2.27 bits per heavy atom. The zero-order valence-electron chi connectivity index (χ0n) is 8.71. The molecule has 5 nitrogen and oxygen atoms in total. The molecule has 0 spiro atoms. The van der Waals surface area contributed by atoms with E-state index in [-0.39, 0.29) is 10.9 Å². The van der Waals surface area contributed by atoms with E-state index in [9.17, 15) is 9.59 Å². The molecule has 2 N–H and O–H groups in total. The van der Waals surface area contributed by atoms with Crippen molar-refractivity contribution >= 4 is 11.6 Å². The number of halogens is 1. The number of aromatic amines is 1. The van der Waals surface area contributed by atoms with Gasteiger partial charge in [0.15, 0.2) is 0 Å². The van der Waals surface area contributed by atoms with Gasteiger partial charge in [0.05, 0.1) is 0 Å². The fraction of sp³-hybridized carbons (Fsp3) is 0.556. The summed E-state index contributed by atoms with van der Waals surface area (Å²) in [5, 5.41) is 3.05. The predicted octanol–water partition coefficient (Wildman–Crippen LogP) is 0.0455. The molecule has 1 unspecified atom stereocenters. The van der Waals surface area contributed by atoms with Crippen LogP contribution in [0.2, 0.25) is 5.02 Å². The third-order valence-corrected chi connectivity index (χ3v) is 2.30. The third-order valence-electron chi connectivity index (χ3n) is 2.03. The average Bonchev–Trinajstić information content (AvgIpc) is 2.14. The Morgan fingerprint density at radius 1 is 1.60 bits per heavy atom. The van der Waals surface area contributed by atoms with E-state index in [0.717, 1.165) is 6.54 Å². The molecular weight excluding hydrogens is 218 g/mol. The highest BCUT2D eigenvalue weighted by Crippen LogP contribution is 2.00. The molecule has 1 aromatic heterocycles. The standard InChI is InChI=1S/C9H14ClN3O2/c1-6(3-11-2)4-13-5-7(10)8(14)12-9(13)15/h5-6,11H,3-4H2,1-2H3,(H,12,14,15). The minimum Gasteiger partial charge on any atom is -0.319 e. The van der Waals surface area contributed by atoms with Gasteiger partial charge in [0, 0.05) is 12.7 Å². The summed E-state index contributed by atoms with van der Waals surface area (Å²) in [5.41, 5.74) is -0.966. The number of hydrogen-bond donors (Lipinski definition) is 2. The van der Waals surface area contributed by atoms with Crippen molar-refractivity contribution in [1.82, 2.24) is 14.9 Å². The lowest BCUT2D eigenvalue weighted by Gasteiger charge is -2.12. The maximum atomic E-state index is 11.4. The van der Waals surface area contributed by atoms with Crippen LogP contribution in [0.5, 0.6) is 0 Å². The summed E-state index contributed by atoms with van der Waals surface area (Å²) in [7, 11) is 1.85. The van der Waals surface area contributed by atoms with Crippen molar-refractivity contribution in [2.75, 3.05) is 13.6 Å². The van der Waals surface area contributed by atoms with Gasteiger partial charge in [0.1, 0.15) is 5.02 Å². The lowest BCUT2D eigenvalue weighted by atomic mass is 10.2. The fourth-order valence-corrected chi connectivity index (χ4v) is 1.53. The summed E-state index contributed by atoms with van der Waals surface area (Å²) in [6, 6.07) is 0. The van der Waals surface area contributed by atoms with E-state index in [1.165, 1.54) is 10.8 Å². The van der Waals surface area contributed by atoms with Gasteiger partial charge >= 0.3 is 5.69 Å². The highest BCUT2D eigenvalue weighted by molar-refractivity contribution is 6.30.